The first-order valence-corrected chi connectivity index (χ1v) is 10.5. The summed E-state index contributed by atoms with van der Waals surface area (Å²) in [6.07, 6.45) is 0.855. The number of rotatable bonds is 7. The maximum absolute atomic E-state index is 13.2. The van der Waals surface area contributed by atoms with Gasteiger partial charge in [-0.3, -0.25) is 9.59 Å². The molecule has 1 aromatic heterocycles. The second kappa shape index (κ2) is 9.73. The van der Waals surface area contributed by atoms with Crippen LogP contribution in [0.15, 0.2) is 48.5 Å². The van der Waals surface area contributed by atoms with E-state index in [0.29, 0.717) is 33.5 Å². The van der Waals surface area contributed by atoms with Gasteiger partial charge in [-0.05, 0) is 55.3 Å². The van der Waals surface area contributed by atoms with E-state index in [2.05, 4.69) is 10.6 Å². The zero-order valence-corrected chi connectivity index (χ0v) is 18.0. The molecule has 0 saturated heterocycles. The third kappa shape index (κ3) is 5.17. The minimum Gasteiger partial charge on any atom is -0.491 e. The molecule has 2 amide bonds. The van der Waals surface area contributed by atoms with Crippen LogP contribution in [0.1, 0.15) is 38.9 Å². The first kappa shape index (κ1) is 21.8. The molecule has 0 fully saturated rings. The number of thiophene rings is 1. The Morgan fingerprint density at radius 2 is 1.87 bits per heavy atom. The van der Waals surface area contributed by atoms with Crippen LogP contribution in [0.25, 0.3) is 0 Å². The van der Waals surface area contributed by atoms with Gasteiger partial charge in [-0.1, -0.05) is 30.7 Å². The molecule has 0 bridgehead atoms. The Kier molecular flexibility index (Phi) is 7.07. The summed E-state index contributed by atoms with van der Waals surface area (Å²) >= 11 is 7.09. The first-order chi connectivity index (χ1) is 14.4. The normalized spacial score (nSPS) is 10.5. The van der Waals surface area contributed by atoms with E-state index in [-0.39, 0.29) is 16.5 Å². The Morgan fingerprint density at radius 1 is 1.10 bits per heavy atom. The zero-order chi connectivity index (χ0) is 21.7. The van der Waals surface area contributed by atoms with Gasteiger partial charge in [0.05, 0.1) is 32.8 Å². The van der Waals surface area contributed by atoms with Crippen molar-refractivity contribution in [2.75, 3.05) is 17.2 Å². The molecular weight excluding hydrogens is 427 g/mol. The van der Waals surface area contributed by atoms with Gasteiger partial charge in [0, 0.05) is 0 Å². The number of amides is 2. The van der Waals surface area contributed by atoms with Crippen molar-refractivity contribution in [1.82, 2.24) is 0 Å². The van der Waals surface area contributed by atoms with Crippen LogP contribution in [0, 0.1) is 12.7 Å². The third-order valence-electron chi connectivity index (χ3n) is 4.13. The number of hydrogen-bond acceptors (Lipinski definition) is 4. The summed E-state index contributed by atoms with van der Waals surface area (Å²) in [5.41, 5.74) is 1.44. The van der Waals surface area contributed by atoms with Crippen LogP contribution >= 0.6 is 22.9 Å². The summed E-state index contributed by atoms with van der Waals surface area (Å²) in [7, 11) is 0. The largest absolute Gasteiger partial charge is 0.491 e. The molecule has 0 aliphatic heterocycles. The average molecular weight is 447 g/mol. The summed E-state index contributed by atoms with van der Waals surface area (Å²) in [6.45, 7) is 4.34. The maximum Gasteiger partial charge on any atom is 0.266 e. The van der Waals surface area contributed by atoms with Crippen LogP contribution in [0.5, 0.6) is 5.75 Å². The van der Waals surface area contributed by atoms with E-state index < -0.39 is 11.7 Å². The molecule has 8 heteroatoms. The summed E-state index contributed by atoms with van der Waals surface area (Å²) in [4.78, 5) is 25.7. The number of ether oxygens (including phenoxy) is 1. The summed E-state index contributed by atoms with van der Waals surface area (Å²) in [5.74, 6) is -0.705. The lowest BCUT2D eigenvalue weighted by Gasteiger charge is -2.11. The molecule has 0 spiro atoms. The quantitative estimate of drug-likeness (QED) is 0.458. The minimum atomic E-state index is -0.523. The predicted molar refractivity (Wildman–Crippen MR) is 119 cm³/mol. The van der Waals surface area contributed by atoms with Gasteiger partial charge in [-0.25, -0.2) is 4.39 Å². The lowest BCUT2D eigenvalue weighted by Crippen LogP contribution is -2.13. The van der Waals surface area contributed by atoms with E-state index in [1.165, 1.54) is 6.07 Å². The van der Waals surface area contributed by atoms with Gasteiger partial charge in [0.25, 0.3) is 11.8 Å². The van der Waals surface area contributed by atoms with Crippen LogP contribution in [0.3, 0.4) is 0 Å². The van der Waals surface area contributed by atoms with E-state index in [1.807, 2.05) is 19.1 Å². The Hall–Kier alpha value is -2.90. The molecule has 156 valence electrons. The molecule has 0 aliphatic rings. The van der Waals surface area contributed by atoms with Gasteiger partial charge in [0.2, 0.25) is 0 Å². The van der Waals surface area contributed by atoms with E-state index in [4.69, 9.17) is 16.3 Å². The van der Waals surface area contributed by atoms with Crippen LogP contribution < -0.4 is 15.4 Å². The summed E-state index contributed by atoms with van der Waals surface area (Å²) < 4.78 is 18.9. The number of carbonyl (C=O) groups excluding carboxylic acids is 2. The topological polar surface area (TPSA) is 67.4 Å². The fraction of sp³-hybridized carbons (Fsp3) is 0.182. The molecule has 5 nitrogen and oxygen atoms in total. The predicted octanol–water partition coefficient (Wildman–Crippen LogP) is 6.14. The molecule has 0 saturated carbocycles. The number of benzene rings is 2. The molecule has 0 radical (unpaired) electrons. The Morgan fingerprint density at radius 3 is 2.60 bits per heavy atom. The highest BCUT2D eigenvalue weighted by molar-refractivity contribution is 7.18. The highest BCUT2D eigenvalue weighted by Gasteiger charge is 2.18. The smallest absolute Gasteiger partial charge is 0.266 e. The van der Waals surface area contributed by atoms with Crippen molar-refractivity contribution < 1.29 is 18.7 Å². The summed E-state index contributed by atoms with van der Waals surface area (Å²) in [5, 5.41) is 6.07. The molecule has 0 aliphatic carbocycles. The maximum atomic E-state index is 13.2. The molecule has 3 aromatic rings. The van der Waals surface area contributed by atoms with Gasteiger partial charge in [0.15, 0.2) is 0 Å². The van der Waals surface area contributed by atoms with Crippen molar-refractivity contribution >= 4 is 45.4 Å². The highest BCUT2D eigenvalue weighted by Crippen LogP contribution is 2.30. The number of anilines is 2. The van der Waals surface area contributed by atoms with Crippen LogP contribution in [0.2, 0.25) is 5.02 Å². The molecule has 0 unspecified atom stereocenters. The molecule has 30 heavy (non-hydrogen) atoms. The van der Waals surface area contributed by atoms with Gasteiger partial charge in [-0.15, -0.1) is 11.3 Å². The van der Waals surface area contributed by atoms with Crippen molar-refractivity contribution in [3.63, 3.8) is 0 Å². The Balaban J connectivity index is 1.74. The molecular formula is C22H20ClFN2O3S. The van der Waals surface area contributed by atoms with Crippen LogP contribution in [-0.4, -0.2) is 18.4 Å². The fourth-order valence-corrected chi connectivity index (χ4v) is 3.92. The molecule has 2 N–H and O–H groups in total. The number of nitrogens with one attached hydrogen (secondary N) is 2. The lowest BCUT2D eigenvalue weighted by molar-refractivity contribution is 0.102. The van der Waals surface area contributed by atoms with Crippen molar-refractivity contribution in [3.8, 4) is 5.75 Å². The number of carbonyl (C=O) groups is 2. The van der Waals surface area contributed by atoms with Gasteiger partial charge < -0.3 is 15.4 Å². The first-order valence-electron chi connectivity index (χ1n) is 9.29. The highest BCUT2D eigenvalue weighted by atomic mass is 35.5. The third-order valence-corrected chi connectivity index (χ3v) is 5.60. The number of aryl methyl sites for hydroxylation is 1. The monoisotopic (exact) mass is 446 g/mol. The number of hydrogen-bond donors (Lipinski definition) is 2. The van der Waals surface area contributed by atoms with Crippen molar-refractivity contribution in [3.05, 3.63) is 75.4 Å². The van der Waals surface area contributed by atoms with Crippen molar-refractivity contribution in [2.24, 2.45) is 0 Å². The minimum absolute atomic E-state index is 0.0161. The van der Waals surface area contributed by atoms with E-state index in [0.717, 1.165) is 29.9 Å². The lowest BCUT2D eigenvalue weighted by atomic mass is 10.2. The standard InChI is InChI=1S/C22H20ClFN2O3S/c1-3-10-29-18-7-5-4-6-17(18)25-22(28)20-13(2)11-19(30-20)26-21(27)15-9-8-14(24)12-16(15)23/h4-9,11-12H,3,10H2,1-2H3,(H,25,28)(H,26,27). The summed E-state index contributed by atoms with van der Waals surface area (Å²) in [6, 6.07) is 12.5. The van der Waals surface area contributed by atoms with Crippen molar-refractivity contribution in [1.29, 1.82) is 0 Å². The Bertz CT molecular complexity index is 1080. The molecule has 3 rings (SSSR count). The second-order valence-electron chi connectivity index (χ2n) is 6.50. The van der Waals surface area contributed by atoms with Crippen molar-refractivity contribution in [2.45, 2.75) is 20.3 Å². The molecule has 0 atom stereocenters. The van der Waals surface area contributed by atoms with E-state index in [9.17, 15) is 14.0 Å². The number of halogens is 2. The van der Waals surface area contributed by atoms with Crippen LogP contribution in [0.4, 0.5) is 15.1 Å². The molecule has 2 aromatic carbocycles. The zero-order valence-electron chi connectivity index (χ0n) is 16.4. The van der Waals surface area contributed by atoms with E-state index >= 15 is 0 Å². The Labute approximate surface area is 182 Å². The SMILES string of the molecule is CCCOc1ccccc1NC(=O)c1sc(NC(=O)c2ccc(F)cc2Cl)cc1C. The molecule has 1 heterocycles. The van der Waals surface area contributed by atoms with Gasteiger partial charge >= 0.3 is 0 Å². The average Bonchev–Trinajstić information content (AvgIpc) is 3.07. The number of para-hydroxylation sites is 2. The van der Waals surface area contributed by atoms with E-state index in [1.54, 1.807) is 25.1 Å². The van der Waals surface area contributed by atoms with Crippen LogP contribution in [-0.2, 0) is 0 Å². The van der Waals surface area contributed by atoms with Gasteiger partial charge in [0.1, 0.15) is 11.6 Å². The second-order valence-corrected chi connectivity index (χ2v) is 7.96. The fourth-order valence-electron chi connectivity index (χ4n) is 2.71. The van der Waals surface area contributed by atoms with Gasteiger partial charge in [-0.2, -0.15) is 0 Å².